The highest BCUT2D eigenvalue weighted by Gasteiger charge is 2.45. The predicted octanol–water partition coefficient (Wildman–Crippen LogP) is 3.68. The van der Waals surface area contributed by atoms with Crippen molar-refractivity contribution in [1.29, 1.82) is 0 Å². The molecule has 2 aliphatic heterocycles. The Kier molecular flexibility index (Phi) is 4.65. The average Bonchev–Trinajstić information content (AvgIpc) is 3.39. The van der Waals surface area contributed by atoms with Gasteiger partial charge >= 0.3 is 6.18 Å². The number of aromatic amines is 1. The molecule has 1 N–H and O–H groups in total. The van der Waals surface area contributed by atoms with Gasteiger partial charge in [0.1, 0.15) is 0 Å². The Morgan fingerprint density at radius 1 is 1.17 bits per heavy atom. The Bertz CT molecular complexity index is 956. The van der Waals surface area contributed by atoms with Crippen molar-refractivity contribution >= 4 is 5.91 Å². The number of carbonyl (C=O) groups is 1. The summed E-state index contributed by atoms with van der Waals surface area (Å²) in [6.07, 6.45) is -2.13. The summed E-state index contributed by atoms with van der Waals surface area (Å²) >= 11 is 0. The quantitative estimate of drug-likeness (QED) is 0.810. The van der Waals surface area contributed by atoms with Crippen molar-refractivity contribution in [3.05, 3.63) is 52.3 Å². The van der Waals surface area contributed by atoms with Crippen molar-refractivity contribution < 1.29 is 18.0 Å². The maximum absolute atomic E-state index is 13.4. The van der Waals surface area contributed by atoms with Crippen molar-refractivity contribution in [2.75, 3.05) is 26.7 Å². The second kappa shape index (κ2) is 7.11. The standard InChI is InChI=1S/C22H25F3N4O/c1-28-7-6-17-19(12-28)26-27-20(17)21(30)29-10-14-8-13(9-15(14)11-29)16-4-2-3-5-18(16)22(23,24)25/h2-5,13-15H,6-12H2,1H3,(H,26,27). The fourth-order valence-electron chi connectivity index (χ4n) is 5.61. The van der Waals surface area contributed by atoms with Crippen LogP contribution in [0, 0.1) is 11.8 Å². The van der Waals surface area contributed by atoms with E-state index in [0.717, 1.165) is 30.8 Å². The molecule has 3 aliphatic rings. The Hall–Kier alpha value is -2.35. The first-order valence-electron chi connectivity index (χ1n) is 10.5. The van der Waals surface area contributed by atoms with E-state index in [1.807, 2.05) is 11.9 Å². The molecule has 1 aromatic carbocycles. The van der Waals surface area contributed by atoms with Crippen LogP contribution in [-0.4, -0.2) is 52.6 Å². The maximum atomic E-state index is 13.4. The fourth-order valence-corrected chi connectivity index (χ4v) is 5.61. The van der Waals surface area contributed by atoms with Crippen LogP contribution >= 0.6 is 0 Å². The Labute approximate surface area is 173 Å². The molecule has 1 aromatic heterocycles. The number of rotatable bonds is 2. The number of hydrogen-bond donors (Lipinski definition) is 1. The largest absolute Gasteiger partial charge is 0.416 e. The van der Waals surface area contributed by atoms with Crippen LogP contribution in [-0.2, 0) is 19.1 Å². The third-order valence-electron chi connectivity index (χ3n) is 7.07. The highest BCUT2D eigenvalue weighted by Crippen LogP contribution is 2.49. The summed E-state index contributed by atoms with van der Waals surface area (Å²) in [5.74, 6) is 0.365. The second-order valence-corrected chi connectivity index (χ2v) is 9.00. The molecule has 0 spiro atoms. The smallest absolute Gasteiger partial charge is 0.337 e. The molecule has 8 heteroatoms. The molecule has 0 radical (unpaired) electrons. The number of likely N-dealkylation sites (tertiary alicyclic amines) is 1. The normalized spacial score (nSPS) is 26.7. The monoisotopic (exact) mass is 418 g/mol. The van der Waals surface area contributed by atoms with Gasteiger partial charge in [0.2, 0.25) is 0 Å². The van der Waals surface area contributed by atoms with Gasteiger partial charge in [-0.15, -0.1) is 0 Å². The third kappa shape index (κ3) is 3.31. The molecule has 30 heavy (non-hydrogen) atoms. The van der Waals surface area contributed by atoms with E-state index in [0.29, 0.717) is 37.2 Å². The topological polar surface area (TPSA) is 52.2 Å². The Morgan fingerprint density at radius 3 is 2.57 bits per heavy atom. The third-order valence-corrected chi connectivity index (χ3v) is 7.07. The van der Waals surface area contributed by atoms with Crippen molar-refractivity contribution in [3.8, 4) is 0 Å². The van der Waals surface area contributed by atoms with Gasteiger partial charge in [0.15, 0.2) is 5.69 Å². The summed E-state index contributed by atoms with van der Waals surface area (Å²) < 4.78 is 40.2. The lowest BCUT2D eigenvalue weighted by molar-refractivity contribution is -0.138. The number of carbonyl (C=O) groups excluding carboxylic acids is 1. The van der Waals surface area contributed by atoms with Gasteiger partial charge in [-0.05, 0) is 55.7 Å². The van der Waals surface area contributed by atoms with Crippen LogP contribution in [0.25, 0.3) is 0 Å². The number of aromatic nitrogens is 2. The van der Waals surface area contributed by atoms with Crippen molar-refractivity contribution in [2.24, 2.45) is 11.8 Å². The van der Waals surface area contributed by atoms with Crippen LogP contribution in [0.4, 0.5) is 13.2 Å². The van der Waals surface area contributed by atoms with Gasteiger partial charge in [0, 0.05) is 31.7 Å². The SMILES string of the molecule is CN1CCc2c(C(=O)N3CC4CC(c5ccccc5C(F)(F)F)CC4C3)n[nH]c2C1. The summed E-state index contributed by atoms with van der Waals surface area (Å²) in [5, 5.41) is 7.32. The van der Waals surface area contributed by atoms with Gasteiger partial charge in [0.05, 0.1) is 11.3 Å². The lowest BCUT2D eigenvalue weighted by Crippen LogP contribution is -2.32. The van der Waals surface area contributed by atoms with Crippen LogP contribution in [0.2, 0.25) is 0 Å². The van der Waals surface area contributed by atoms with E-state index in [1.165, 1.54) is 12.1 Å². The molecule has 160 valence electrons. The number of benzene rings is 1. The van der Waals surface area contributed by atoms with E-state index < -0.39 is 11.7 Å². The molecule has 1 amide bonds. The number of likely N-dealkylation sites (N-methyl/N-ethyl adjacent to an activating group) is 1. The zero-order chi connectivity index (χ0) is 21.0. The fraction of sp³-hybridized carbons (Fsp3) is 0.545. The number of halogens is 3. The molecule has 5 rings (SSSR count). The zero-order valence-electron chi connectivity index (χ0n) is 16.9. The van der Waals surface area contributed by atoms with Crippen molar-refractivity contribution in [2.45, 2.75) is 37.9 Å². The van der Waals surface area contributed by atoms with Gasteiger partial charge in [-0.1, -0.05) is 18.2 Å². The summed E-state index contributed by atoms with van der Waals surface area (Å²) in [5.41, 5.74) is 2.44. The van der Waals surface area contributed by atoms with Gasteiger partial charge in [0.25, 0.3) is 5.91 Å². The minimum Gasteiger partial charge on any atom is -0.337 e. The first-order valence-corrected chi connectivity index (χ1v) is 10.5. The first kappa shape index (κ1) is 19.6. The number of nitrogens with one attached hydrogen (secondary N) is 1. The zero-order valence-corrected chi connectivity index (χ0v) is 16.9. The Morgan fingerprint density at radius 2 is 1.87 bits per heavy atom. The minimum atomic E-state index is -4.33. The van der Waals surface area contributed by atoms with Crippen LogP contribution < -0.4 is 0 Å². The maximum Gasteiger partial charge on any atom is 0.416 e. The highest BCUT2D eigenvalue weighted by molar-refractivity contribution is 5.94. The molecule has 2 fully saturated rings. The molecule has 3 heterocycles. The molecule has 2 aromatic rings. The molecule has 1 aliphatic carbocycles. The second-order valence-electron chi connectivity index (χ2n) is 9.00. The van der Waals surface area contributed by atoms with E-state index in [1.54, 1.807) is 12.1 Å². The first-order chi connectivity index (χ1) is 14.3. The lowest BCUT2D eigenvalue weighted by Gasteiger charge is -2.23. The summed E-state index contributed by atoms with van der Waals surface area (Å²) in [6, 6.07) is 5.93. The molecule has 0 bridgehead atoms. The van der Waals surface area contributed by atoms with E-state index >= 15 is 0 Å². The minimum absolute atomic E-state index is 0.0429. The number of alkyl halides is 3. The number of H-pyrrole nitrogens is 1. The Balaban J connectivity index is 1.29. The molecular weight excluding hydrogens is 393 g/mol. The summed E-state index contributed by atoms with van der Waals surface area (Å²) in [6.45, 7) is 2.88. The van der Waals surface area contributed by atoms with E-state index in [-0.39, 0.29) is 23.7 Å². The highest BCUT2D eigenvalue weighted by atomic mass is 19.4. The van der Waals surface area contributed by atoms with Gasteiger partial charge < -0.3 is 9.80 Å². The van der Waals surface area contributed by atoms with Crippen LogP contribution in [0.1, 0.15) is 51.6 Å². The van der Waals surface area contributed by atoms with Gasteiger partial charge in [-0.3, -0.25) is 9.89 Å². The number of fused-ring (bicyclic) bond motifs is 2. The number of nitrogens with zero attached hydrogens (tertiary/aromatic N) is 3. The van der Waals surface area contributed by atoms with Crippen LogP contribution in [0.5, 0.6) is 0 Å². The molecule has 1 saturated carbocycles. The van der Waals surface area contributed by atoms with E-state index in [9.17, 15) is 18.0 Å². The van der Waals surface area contributed by atoms with Crippen LogP contribution in [0.3, 0.4) is 0 Å². The van der Waals surface area contributed by atoms with E-state index in [2.05, 4.69) is 15.1 Å². The van der Waals surface area contributed by atoms with Crippen molar-refractivity contribution in [3.63, 3.8) is 0 Å². The number of hydrogen-bond acceptors (Lipinski definition) is 3. The van der Waals surface area contributed by atoms with E-state index in [4.69, 9.17) is 0 Å². The number of amides is 1. The molecular formula is C22H25F3N4O. The molecule has 1 saturated heterocycles. The molecule has 2 atom stereocenters. The van der Waals surface area contributed by atoms with Gasteiger partial charge in [-0.2, -0.15) is 18.3 Å². The molecule has 5 nitrogen and oxygen atoms in total. The summed E-state index contributed by atoms with van der Waals surface area (Å²) in [4.78, 5) is 17.2. The van der Waals surface area contributed by atoms with Crippen LogP contribution in [0.15, 0.2) is 24.3 Å². The van der Waals surface area contributed by atoms with Crippen molar-refractivity contribution in [1.82, 2.24) is 20.0 Å². The van der Waals surface area contributed by atoms with Gasteiger partial charge in [-0.25, -0.2) is 0 Å². The predicted molar refractivity (Wildman–Crippen MR) is 105 cm³/mol. The lowest BCUT2D eigenvalue weighted by atomic mass is 9.91. The summed E-state index contributed by atoms with van der Waals surface area (Å²) in [7, 11) is 2.04. The average molecular weight is 418 g/mol. The molecule has 2 unspecified atom stereocenters.